The third-order valence-corrected chi connectivity index (χ3v) is 5.71. The summed E-state index contributed by atoms with van der Waals surface area (Å²) in [6.45, 7) is 2.25. The molecule has 2 fully saturated rings. The smallest absolute Gasteiger partial charge is 0.0246 e. The second kappa shape index (κ2) is 7.04. The summed E-state index contributed by atoms with van der Waals surface area (Å²) >= 11 is 0. The summed E-state index contributed by atoms with van der Waals surface area (Å²) in [5.74, 6) is 2.88. The van der Waals surface area contributed by atoms with Crippen LogP contribution in [0.4, 0.5) is 0 Å². The van der Waals surface area contributed by atoms with Gasteiger partial charge >= 0.3 is 0 Å². The Balaban J connectivity index is 1.72. The molecule has 2 saturated carbocycles. The normalized spacial score (nSPS) is 35.8. The van der Waals surface area contributed by atoms with Gasteiger partial charge in [-0.3, -0.25) is 4.21 Å². The lowest BCUT2D eigenvalue weighted by Gasteiger charge is -2.40. The number of hydrogen-bond donors (Lipinski definition) is 1. The number of nitrogens with one attached hydrogen (secondary N) is 1. The maximum atomic E-state index is 11.1. The third-order valence-electron chi connectivity index (χ3n) is 4.90. The van der Waals surface area contributed by atoms with E-state index in [1.165, 1.54) is 44.9 Å². The molecule has 2 nitrogen and oxygen atoms in total. The molecule has 18 heavy (non-hydrogen) atoms. The highest BCUT2D eigenvalue weighted by Crippen LogP contribution is 2.40. The fraction of sp³-hybridized carbons (Fsp3) is 1.00. The lowest BCUT2D eigenvalue weighted by Crippen LogP contribution is -2.43. The van der Waals surface area contributed by atoms with Crippen LogP contribution in [0.25, 0.3) is 0 Å². The van der Waals surface area contributed by atoms with E-state index in [2.05, 4.69) is 12.2 Å². The molecule has 2 aliphatic carbocycles. The molecule has 2 aliphatic rings. The summed E-state index contributed by atoms with van der Waals surface area (Å²) in [4.78, 5) is 0. The molecule has 0 radical (unpaired) electrons. The quantitative estimate of drug-likeness (QED) is 0.832. The molecule has 106 valence electrons. The number of fused-ring (bicyclic) bond motifs is 1. The van der Waals surface area contributed by atoms with Gasteiger partial charge in [-0.15, -0.1) is 0 Å². The van der Waals surface area contributed by atoms with Crippen LogP contribution in [0.1, 0.15) is 58.3 Å². The molecule has 0 amide bonds. The molecule has 0 bridgehead atoms. The predicted molar refractivity (Wildman–Crippen MR) is 79.2 cm³/mol. The number of rotatable bonds is 5. The summed E-state index contributed by atoms with van der Waals surface area (Å²) in [6.07, 6.45) is 12.9. The van der Waals surface area contributed by atoms with Crippen LogP contribution in [0.2, 0.25) is 0 Å². The minimum atomic E-state index is -0.639. The average Bonchev–Trinajstić information content (AvgIpc) is 2.36. The standard InChI is InChI=1S/C15H29NOS/c1-12(9-10-18(2)17)16-15-8-7-13-5-3-4-6-14(13)11-15/h12-16H,3-11H2,1-2H3. The van der Waals surface area contributed by atoms with Gasteiger partial charge in [-0.25, -0.2) is 0 Å². The highest BCUT2D eigenvalue weighted by molar-refractivity contribution is 7.84. The first-order chi connectivity index (χ1) is 8.65. The molecule has 0 aliphatic heterocycles. The molecule has 2 rings (SSSR count). The van der Waals surface area contributed by atoms with Gasteiger partial charge in [-0.05, 0) is 44.4 Å². The summed E-state index contributed by atoms with van der Waals surface area (Å²) in [7, 11) is -0.639. The van der Waals surface area contributed by atoms with Crippen molar-refractivity contribution in [2.45, 2.75) is 70.4 Å². The van der Waals surface area contributed by atoms with E-state index >= 15 is 0 Å². The van der Waals surface area contributed by atoms with Crippen molar-refractivity contribution in [1.82, 2.24) is 5.32 Å². The summed E-state index contributed by atoms with van der Waals surface area (Å²) in [6, 6.07) is 1.25. The topological polar surface area (TPSA) is 29.1 Å². The minimum Gasteiger partial charge on any atom is -0.311 e. The van der Waals surface area contributed by atoms with E-state index in [1.54, 1.807) is 6.26 Å². The van der Waals surface area contributed by atoms with Crippen molar-refractivity contribution in [2.75, 3.05) is 12.0 Å². The average molecular weight is 271 g/mol. The molecule has 5 atom stereocenters. The van der Waals surface area contributed by atoms with Crippen LogP contribution in [0, 0.1) is 11.8 Å². The Bertz CT molecular complexity index is 282. The van der Waals surface area contributed by atoms with Crippen LogP contribution >= 0.6 is 0 Å². The molecule has 0 spiro atoms. The van der Waals surface area contributed by atoms with Gasteiger partial charge in [0, 0.05) is 34.9 Å². The van der Waals surface area contributed by atoms with Gasteiger partial charge < -0.3 is 5.32 Å². The molecule has 5 unspecified atom stereocenters. The van der Waals surface area contributed by atoms with Crippen LogP contribution in [0.15, 0.2) is 0 Å². The largest absolute Gasteiger partial charge is 0.311 e. The summed E-state index contributed by atoms with van der Waals surface area (Å²) in [5, 5.41) is 3.77. The Morgan fingerprint density at radius 3 is 2.61 bits per heavy atom. The Morgan fingerprint density at radius 2 is 1.89 bits per heavy atom. The molecule has 1 N–H and O–H groups in total. The van der Waals surface area contributed by atoms with Crippen molar-refractivity contribution in [1.29, 1.82) is 0 Å². The van der Waals surface area contributed by atoms with E-state index in [-0.39, 0.29) is 0 Å². The highest BCUT2D eigenvalue weighted by Gasteiger charge is 2.32. The lowest BCUT2D eigenvalue weighted by molar-refractivity contribution is 0.139. The fourth-order valence-corrected chi connectivity index (χ4v) is 4.54. The van der Waals surface area contributed by atoms with Gasteiger partial charge in [0.2, 0.25) is 0 Å². The van der Waals surface area contributed by atoms with Crippen LogP contribution in [-0.2, 0) is 10.8 Å². The van der Waals surface area contributed by atoms with Crippen molar-refractivity contribution in [2.24, 2.45) is 11.8 Å². The maximum absolute atomic E-state index is 11.1. The lowest BCUT2D eigenvalue weighted by atomic mass is 9.69. The third kappa shape index (κ3) is 4.34. The van der Waals surface area contributed by atoms with E-state index in [1.807, 2.05) is 0 Å². The first-order valence-electron chi connectivity index (χ1n) is 7.71. The Hall–Kier alpha value is 0.110. The van der Waals surface area contributed by atoms with Crippen LogP contribution in [0.3, 0.4) is 0 Å². The first-order valence-corrected chi connectivity index (χ1v) is 9.44. The molecule has 0 saturated heterocycles. The van der Waals surface area contributed by atoms with Crippen molar-refractivity contribution < 1.29 is 4.21 Å². The molecular weight excluding hydrogens is 242 g/mol. The molecule has 0 heterocycles. The van der Waals surface area contributed by atoms with Crippen LogP contribution in [-0.4, -0.2) is 28.3 Å². The Labute approximate surface area is 115 Å². The van der Waals surface area contributed by atoms with Crippen molar-refractivity contribution in [3.05, 3.63) is 0 Å². The summed E-state index contributed by atoms with van der Waals surface area (Å²) < 4.78 is 11.1. The van der Waals surface area contributed by atoms with E-state index < -0.39 is 10.8 Å². The second-order valence-electron chi connectivity index (χ2n) is 6.45. The first kappa shape index (κ1) is 14.5. The van der Waals surface area contributed by atoms with Crippen molar-refractivity contribution >= 4 is 10.8 Å². The van der Waals surface area contributed by atoms with Gasteiger partial charge in [0.25, 0.3) is 0 Å². The Morgan fingerprint density at radius 1 is 1.17 bits per heavy atom. The van der Waals surface area contributed by atoms with Gasteiger partial charge in [0.15, 0.2) is 0 Å². The predicted octanol–water partition coefficient (Wildman–Crippen LogP) is 3.09. The van der Waals surface area contributed by atoms with Gasteiger partial charge in [0.05, 0.1) is 0 Å². The van der Waals surface area contributed by atoms with Gasteiger partial charge in [-0.2, -0.15) is 0 Å². The monoisotopic (exact) mass is 271 g/mol. The zero-order chi connectivity index (χ0) is 13.0. The molecular formula is C15H29NOS. The van der Waals surface area contributed by atoms with E-state index in [4.69, 9.17) is 0 Å². The second-order valence-corrected chi connectivity index (χ2v) is 8.00. The van der Waals surface area contributed by atoms with E-state index in [0.717, 1.165) is 30.1 Å². The molecule has 0 aromatic rings. The van der Waals surface area contributed by atoms with Crippen molar-refractivity contribution in [3.63, 3.8) is 0 Å². The minimum absolute atomic E-state index is 0.527. The molecule has 0 aromatic heterocycles. The zero-order valence-corrected chi connectivity index (χ0v) is 12.8. The SMILES string of the molecule is CC(CCS(C)=O)NC1CCC2CCCCC2C1. The van der Waals surface area contributed by atoms with E-state index in [0.29, 0.717) is 6.04 Å². The molecule has 0 aromatic carbocycles. The number of hydrogen-bond acceptors (Lipinski definition) is 2. The fourth-order valence-electron chi connectivity index (χ4n) is 3.85. The maximum Gasteiger partial charge on any atom is 0.0246 e. The van der Waals surface area contributed by atoms with Gasteiger partial charge in [-0.1, -0.05) is 25.7 Å². The summed E-state index contributed by atoms with van der Waals surface area (Å²) in [5.41, 5.74) is 0. The van der Waals surface area contributed by atoms with Crippen molar-refractivity contribution in [3.8, 4) is 0 Å². The van der Waals surface area contributed by atoms with Crippen LogP contribution < -0.4 is 5.32 Å². The highest BCUT2D eigenvalue weighted by atomic mass is 32.2. The van der Waals surface area contributed by atoms with E-state index in [9.17, 15) is 4.21 Å². The Kier molecular flexibility index (Phi) is 5.68. The molecule has 3 heteroatoms. The van der Waals surface area contributed by atoms with Crippen LogP contribution in [0.5, 0.6) is 0 Å². The van der Waals surface area contributed by atoms with Gasteiger partial charge in [0.1, 0.15) is 0 Å². The zero-order valence-electron chi connectivity index (χ0n) is 12.0.